The first-order chi connectivity index (χ1) is 13.4. The molecule has 28 heavy (non-hydrogen) atoms. The molecule has 1 N–H and O–H groups in total. The number of hydrogen-bond donors (Lipinski definition) is 1. The van der Waals surface area contributed by atoms with Crippen molar-refractivity contribution in [3.63, 3.8) is 0 Å². The van der Waals surface area contributed by atoms with Crippen LogP contribution in [0, 0.1) is 0 Å². The highest BCUT2D eigenvalue weighted by Gasteiger charge is 2.30. The van der Waals surface area contributed by atoms with Crippen molar-refractivity contribution >= 4 is 33.7 Å². The number of likely N-dealkylation sites (N-methyl/N-ethyl adjacent to an activating group) is 1. The summed E-state index contributed by atoms with van der Waals surface area (Å²) in [6, 6.07) is 13.7. The van der Waals surface area contributed by atoms with Crippen LogP contribution in [0.25, 0.3) is 6.08 Å². The molecular weight excluding hydrogens is 380 g/mol. The molecule has 0 bridgehead atoms. The smallest absolute Gasteiger partial charge is 0.331 e. The molecule has 0 fully saturated rings. The van der Waals surface area contributed by atoms with E-state index in [0.29, 0.717) is 24.2 Å². The lowest BCUT2D eigenvalue weighted by Gasteiger charge is -2.19. The van der Waals surface area contributed by atoms with E-state index in [2.05, 4.69) is 5.32 Å². The van der Waals surface area contributed by atoms with Gasteiger partial charge in [0.25, 0.3) is 15.9 Å². The van der Waals surface area contributed by atoms with E-state index in [-0.39, 0.29) is 11.5 Å². The number of sulfonamides is 1. The maximum absolute atomic E-state index is 12.9. The number of ether oxygens (including phenoxy) is 1. The lowest BCUT2D eigenvalue weighted by atomic mass is 10.2. The van der Waals surface area contributed by atoms with E-state index >= 15 is 0 Å². The quantitative estimate of drug-likeness (QED) is 0.589. The molecule has 146 valence electrons. The van der Waals surface area contributed by atoms with Crippen molar-refractivity contribution in [2.75, 3.05) is 24.5 Å². The average molecular weight is 400 g/mol. The summed E-state index contributed by atoms with van der Waals surface area (Å²) in [5, 5.41) is 2.34. The molecule has 0 radical (unpaired) electrons. The van der Waals surface area contributed by atoms with Gasteiger partial charge in [-0.2, -0.15) is 0 Å². The van der Waals surface area contributed by atoms with Crippen LogP contribution in [0.1, 0.15) is 11.1 Å². The maximum atomic E-state index is 12.9. The predicted octanol–water partition coefficient (Wildman–Crippen LogP) is 1.74. The largest absolute Gasteiger partial charge is 0.452 e. The standard InChI is InChI=1S/C20H20N2O5S/c1-21-19(23)14-27-20(24)11-8-15-6-9-17(10-7-15)28(25,26)22-13-12-16-4-2-3-5-18(16)22/h2-11H,12-14H2,1H3,(H,21,23)/b11-8+. The lowest BCUT2D eigenvalue weighted by molar-refractivity contribution is -0.143. The summed E-state index contributed by atoms with van der Waals surface area (Å²) in [5.74, 6) is -1.06. The van der Waals surface area contributed by atoms with Gasteiger partial charge < -0.3 is 10.1 Å². The van der Waals surface area contributed by atoms with Gasteiger partial charge in [0.2, 0.25) is 0 Å². The summed E-state index contributed by atoms with van der Waals surface area (Å²) in [7, 11) is -2.20. The fraction of sp³-hybridized carbons (Fsp3) is 0.200. The number of anilines is 1. The monoisotopic (exact) mass is 400 g/mol. The minimum atomic E-state index is -3.65. The first kappa shape index (κ1) is 19.6. The van der Waals surface area contributed by atoms with Crippen molar-refractivity contribution in [1.29, 1.82) is 0 Å². The zero-order valence-corrected chi connectivity index (χ0v) is 16.1. The number of para-hydroxylation sites is 1. The number of esters is 1. The third-order valence-electron chi connectivity index (χ3n) is 4.35. The number of nitrogens with one attached hydrogen (secondary N) is 1. The average Bonchev–Trinajstić information content (AvgIpc) is 3.15. The van der Waals surface area contributed by atoms with Crippen molar-refractivity contribution in [2.24, 2.45) is 0 Å². The summed E-state index contributed by atoms with van der Waals surface area (Å²) >= 11 is 0. The molecule has 2 aromatic carbocycles. The molecule has 8 heteroatoms. The highest BCUT2D eigenvalue weighted by molar-refractivity contribution is 7.92. The highest BCUT2D eigenvalue weighted by Crippen LogP contribution is 2.32. The van der Waals surface area contributed by atoms with Gasteiger partial charge >= 0.3 is 5.97 Å². The second-order valence-electron chi connectivity index (χ2n) is 6.14. The first-order valence-electron chi connectivity index (χ1n) is 8.68. The van der Waals surface area contributed by atoms with Gasteiger partial charge in [0.15, 0.2) is 6.61 Å². The van der Waals surface area contributed by atoms with E-state index in [1.54, 1.807) is 18.2 Å². The molecule has 0 unspecified atom stereocenters. The highest BCUT2D eigenvalue weighted by atomic mass is 32.2. The Morgan fingerprint density at radius 3 is 2.57 bits per heavy atom. The van der Waals surface area contributed by atoms with E-state index in [1.807, 2.05) is 18.2 Å². The number of fused-ring (bicyclic) bond motifs is 1. The number of hydrogen-bond acceptors (Lipinski definition) is 5. The molecule has 1 aliphatic heterocycles. The van der Waals surface area contributed by atoms with Gasteiger partial charge in [0.05, 0.1) is 10.6 Å². The Balaban J connectivity index is 1.70. The number of carbonyl (C=O) groups excluding carboxylic acids is 2. The van der Waals surface area contributed by atoms with Crippen LogP contribution < -0.4 is 9.62 Å². The Morgan fingerprint density at radius 2 is 1.86 bits per heavy atom. The molecule has 1 aliphatic rings. The number of benzene rings is 2. The molecule has 0 aromatic heterocycles. The van der Waals surface area contributed by atoms with Crippen LogP contribution in [-0.2, 0) is 30.8 Å². The minimum absolute atomic E-state index is 0.184. The fourth-order valence-corrected chi connectivity index (χ4v) is 4.36. The van der Waals surface area contributed by atoms with E-state index in [1.165, 1.54) is 35.6 Å². The van der Waals surface area contributed by atoms with Gasteiger partial charge in [-0.1, -0.05) is 30.3 Å². The fourth-order valence-electron chi connectivity index (χ4n) is 2.86. The third-order valence-corrected chi connectivity index (χ3v) is 6.18. The molecule has 0 aliphatic carbocycles. The number of amides is 1. The zero-order valence-electron chi connectivity index (χ0n) is 15.3. The SMILES string of the molecule is CNC(=O)COC(=O)/C=C/c1ccc(S(=O)(=O)N2CCc3ccccc32)cc1. The Hall–Kier alpha value is -3.13. The molecular formula is C20H20N2O5S. The Labute approximate surface area is 163 Å². The van der Waals surface area contributed by atoms with Crippen LogP contribution in [0.3, 0.4) is 0 Å². The van der Waals surface area contributed by atoms with Crippen LogP contribution in [0.2, 0.25) is 0 Å². The molecule has 7 nitrogen and oxygen atoms in total. The van der Waals surface area contributed by atoms with Gasteiger partial charge in [0, 0.05) is 19.7 Å². The van der Waals surface area contributed by atoms with E-state index in [0.717, 1.165) is 5.56 Å². The lowest BCUT2D eigenvalue weighted by Crippen LogP contribution is -2.29. The Morgan fingerprint density at radius 1 is 1.14 bits per heavy atom. The van der Waals surface area contributed by atoms with Crippen LogP contribution in [0.15, 0.2) is 59.5 Å². The summed E-state index contributed by atoms with van der Waals surface area (Å²) < 4.78 is 32.1. The topological polar surface area (TPSA) is 92.8 Å². The van der Waals surface area contributed by atoms with Crippen molar-refractivity contribution in [2.45, 2.75) is 11.3 Å². The van der Waals surface area contributed by atoms with Crippen LogP contribution in [-0.4, -0.2) is 40.5 Å². The van der Waals surface area contributed by atoms with Crippen molar-refractivity contribution in [3.05, 3.63) is 65.7 Å². The molecule has 1 amide bonds. The van der Waals surface area contributed by atoms with Gasteiger partial charge in [-0.05, 0) is 41.8 Å². The number of rotatable bonds is 6. The minimum Gasteiger partial charge on any atom is -0.452 e. The van der Waals surface area contributed by atoms with Gasteiger partial charge in [-0.3, -0.25) is 9.10 Å². The molecule has 1 heterocycles. The summed E-state index contributed by atoms with van der Waals surface area (Å²) in [6.45, 7) is 0.0642. The van der Waals surface area contributed by atoms with E-state index in [9.17, 15) is 18.0 Å². The summed E-state index contributed by atoms with van der Waals surface area (Å²) in [4.78, 5) is 22.8. The van der Waals surface area contributed by atoms with Crippen LogP contribution >= 0.6 is 0 Å². The second kappa shape index (κ2) is 8.26. The summed E-state index contributed by atoms with van der Waals surface area (Å²) in [5.41, 5.74) is 2.36. The van der Waals surface area contributed by atoms with E-state index in [4.69, 9.17) is 4.74 Å². The molecule has 0 atom stereocenters. The Kier molecular flexibility index (Phi) is 5.79. The molecule has 0 saturated carbocycles. The van der Waals surface area contributed by atoms with Crippen molar-refractivity contribution in [3.8, 4) is 0 Å². The first-order valence-corrected chi connectivity index (χ1v) is 10.1. The van der Waals surface area contributed by atoms with Gasteiger partial charge in [-0.25, -0.2) is 13.2 Å². The second-order valence-corrected chi connectivity index (χ2v) is 8.00. The number of carbonyl (C=O) groups is 2. The molecule has 3 rings (SSSR count). The van der Waals surface area contributed by atoms with Crippen molar-refractivity contribution in [1.82, 2.24) is 5.32 Å². The third kappa shape index (κ3) is 4.23. The van der Waals surface area contributed by atoms with E-state index < -0.39 is 21.9 Å². The molecule has 2 aromatic rings. The predicted molar refractivity (Wildman–Crippen MR) is 105 cm³/mol. The van der Waals surface area contributed by atoms with Crippen LogP contribution in [0.5, 0.6) is 0 Å². The molecule has 0 spiro atoms. The normalized spacial score (nSPS) is 13.4. The van der Waals surface area contributed by atoms with Crippen LogP contribution in [0.4, 0.5) is 5.69 Å². The van der Waals surface area contributed by atoms with Gasteiger partial charge in [0.1, 0.15) is 0 Å². The maximum Gasteiger partial charge on any atom is 0.331 e. The van der Waals surface area contributed by atoms with Gasteiger partial charge in [-0.15, -0.1) is 0 Å². The zero-order chi connectivity index (χ0) is 20.1. The number of nitrogens with zero attached hydrogens (tertiary/aromatic N) is 1. The van der Waals surface area contributed by atoms with Crippen molar-refractivity contribution < 1.29 is 22.7 Å². The Bertz CT molecular complexity index is 1010. The summed E-state index contributed by atoms with van der Waals surface area (Å²) in [6.07, 6.45) is 3.37. The molecule has 0 saturated heterocycles.